The van der Waals surface area contributed by atoms with Crippen molar-refractivity contribution < 1.29 is 0 Å². The van der Waals surface area contributed by atoms with Gasteiger partial charge in [-0.1, -0.05) is 72.8 Å². The standard InChI is InChI=1S/C46H33N5/c1-3-4-18-39(47-2)32-27-33(40-19-10-11-25-48-40)29-35(28-32)51-42-24-23-31(30-38(42)46-44(51)22-13-26-49-46)36-17-12-21-43-45(36)37-16-8-9-20-41(37)50(43)34-14-6-5-7-15-34/h3-30H,2H2,1H3/b4-3-,39-18-. The minimum absolute atomic E-state index is 0.788. The second-order valence-electron chi connectivity index (χ2n) is 12.5. The van der Waals surface area contributed by atoms with Gasteiger partial charge in [-0.05, 0) is 110 Å². The van der Waals surface area contributed by atoms with E-state index in [1.165, 1.54) is 27.4 Å². The number of pyridine rings is 2. The Morgan fingerprint density at radius 1 is 0.608 bits per heavy atom. The summed E-state index contributed by atoms with van der Waals surface area (Å²) in [6, 6.07) is 49.3. The summed E-state index contributed by atoms with van der Waals surface area (Å²) < 4.78 is 4.67. The summed E-state index contributed by atoms with van der Waals surface area (Å²) in [5.41, 5.74) is 13.5. The normalized spacial score (nSPS) is 12.1. The molecule has 9 aromatic rings. The van der Waals surface area contributed by atoms with E-state index in [1.807, 2.05) is 61.8 Å². The van der Waals surface area contributed by atoms with Crippen molar-refractivity contribution in [1.29, 1.82) is 0 Å². The minimum Gasteiger partial charge on any atom is -0.309 e. The molecule has 0 N–H and O–H groups in total. The molecule has 5 aromatic carbocycles. The second kappa shape index (κ2) is 12.6. The Morgan fingerprint density at radius 3 is 2.22 bits per heavy atom. The molecule has 5 nitrogen and oxygen atoms in total. The summed E-state index contributed by atoms with van der Waals surface area (Å²) >= 11 is 0. The molecule has 0 fully saturated rings. The van der Waals surface area contributed by atoms with E-state index in [9.17, 15) is 0 Å². The number of hydrogen-bond donors (Lipinski definition) is 0. The quantitative estimate of drug-likeness (QED) is 0.127. The average Bonchev–Trinajstić information content (AvgIpc) is 3.71. The van der Waals surface area contributed by atoms with E-state index in [1.54, 1.807) is 0 Å². The SMILES string of the molecule is C=N/C(=C\C=C/C)c1cc(-c2ccccn2)cc(-n2c3ccc(-c4cccc5c4c4ccccc4n5-c4ccccc4)cc3c3ncccc32)c1. The van der Waals surface area contributed by atoms with E-state index < -0.39 is 0 Å². The molecule has 0 saturated heterocycles. The van der Waals surface area contributed by atoms with Crippen LogP contribution in [0, 0.1) is 0 Å². The number of fused-ring (bicyclic) bond motifs is 6. The highest BCUT2D eigenvalue weighted by Gasteiger charge is 2.19. The van der Waals surface area contributed by atoms with Gasteiger partial charge in [0.2, 0.25) is 0 Å². The molecule has 242 valence electrons. The summed E-state index contributed by atoms with van der Waals surface area (Å²) in [4.78, 5) is 14.1. The molecule has 0 amide bonds. The van der Waals surface area contributed by atoms with Crippen LogP contribution >= 0.6 is 0 Å². The maximum atomic E-state index is 4.95. The molecule has 4 aromatic heterocycles. The summed E-state index contributed by atoms with van der Waals surface area (Å²) in [5.74, 6) is 0. The van der Waals surface area contributed by atoms with Crippen LogP contribution < -0.4 is 0 Å². The highest BCUT2D eigenvalue weighted by atomic mass is 15.0. The van der Waals surface area contributed by atoms with Crippen LogP contribution in [-0.2, 0) is 0 Å². The third-order valence-corrected chi connectivity index (χ3v) is 9.59. The maximum absolute atomic E-state index is 4.95. The second-order valence-corrected chi connectivity index (χ2v) is 12.5. The van der Waals surface area contributed by atoms with Crippen molar-refractivity contribution in [3.63, 3.8) is 0 Å². The number of aliphatic imine (C=N–C) groups is 1. The number of benzene rings is 5. The van der Waals surface area contributed by atoms with Gasteiger partial charge in [-0.2, -0.15) is 0 Å². The Kier molecular flexibility index (Phi) is 7.44. The van der Waals surface area contributed by atoms with Crippen molar-refractivity contribution in [3.05, 3.63) is 176 Å². The molecule has 0 spiro atoms. The predicted molar refractivity (Wildman–Crippen MR) is 214 cm³/mol. The van der Waals surface area contributed by atoms with Crippen LogP contribution in [-0.4, -0.2) is 25.8 Å². The molecule has 0 saturated carbocycles. The van der Waals surface area contributed by atoms with Gasteiger partial charge in [0.15, 0.2) is 0 Å². The largest absolute Gasteiger partial charge is 0.309 e. The van der Waals surface area contributed by atoms with Crippen molar-refractivity contribution in [2.45, 2.75) is 6.92 Å². The lowest BCUT2D eigenvalue weighted by atomic mass is 9.98. The number of hydrogen-bond acceptors (Lipinski definition) is 3. The number of aromatic nitrogens is 4. The van der Waals surface area contributed by atoms with E-state index in [2.05, 4.69) is 136 Å². The van der Waals surface area contributed by atoms with Crippen molar-refractivity contribution in [1.82, 2.24) is 19.1 Å². The van der Waals surface area contributed by atoms with Crippen molar-refractivity contribution >= 4 is 56.2 Å². The molecule has 4 heterocycles. The molecule has 9 rings (SSSR count). The van der Waals surface area contributed by atoms with Crippen LogP contribution in [0.15, 0.2) is 175 Å². The predicted octanol–water partition coefficient (Wildman–Crippen LogP) is 11.6. The van der Waals surface area contributed by atoms with Gasteiger partial charge in [-0.25, -0.2) is 0 Å². The lowest BCUT2D eigenvalue weighted by Crippen LogP contribution is -1.97. The first-order valence-corrected chi connectivity index (χ1v) is 17.1. The van der Waals surface area contributed by atoms with Gasteiger partial charge in [-0.3, -0.25) is 15.0 Å². The third kappa shape index (κ3) is 5.06. The van der Waals surface area contributed by atoms with Crippen molar-refractivity contribution in [3.8, 4) is 33.8 Å². The average molecular weight is 656 g/mol. The van der Waals surface area contributed by atoms with E-state index in [0.717, 1.165) is 61.4 Å². The summed E-state index contributed by atoms with van der Waals surface area (Å²) in [5, 5.41) is 3.55. The van der Waals surface area contributed by atoms with Crippen LogP contribution in [0.2, 0.25) is 0 Å². The molecule has 0 aliphatic carbocycles. The first-order chi connectivity index (χ1) is 25.2. The first-order valence-electron chi connectivity index (χ1n) is 17.1. The van der Waals surface area contributed by atoms with E-state index >= 15 is 0 Å². The van der Waals surface area contributed by atoms with Crippen LogP contribution in [0.4, 0.5) is 0 Å². The zero-order chi connectivity index (χ0) is 34.3. The van der Waals surface area contributed by atoms with Gasteiger partial charge in [0.1, 0.15) is 0 Å². The number of rotatable bonds is 7. The Bertz CT molecular complexity index is 2820. The lowest BCUT2D eigenvalue weighted by molar-refractivity contribution is 1.17. The molecule has 0 aliphatic heterocycles. The minimum atomic E-state index is 0.788. The molecule has 0 unspecified atom stereocenters. The van der Waals surface area contributed by atoms with Gasteiger partial charge in [-0.15, -0.1) is 0 Å². The van der Waals surface area contributed by atoms with Gasteiger partial charge in [0.05, 0.1) is 39.0 Å². The fraction of sp³-hybridized carbons (Fsp3) is 0.0217. The van der Waals surface area contributed by atoms with Gasteiger partial charge in [0.25, 0.3) is 0 Å². The highest BCUT2D eigenvalue weighted by Crippen LogP contribution is 2.41. The van der Waals surface area contributed by atoms with E-state index in [-0.39, 0.29) is 0 Å². The monoisotopic (exact) mass is 655 g/mol. The van der Waals surface area contributed by atoms with E-state index in [4.69, 9.17) is 9.97 Å². The Balaban J connectivity index is 1.29. The van der Waals surface area contributed by atoms with Gasteiger partial charge in [0, 0.05) is 51.1 Å². The number of para-hydroxylation sites is 2. The zero-order valence-electron chi connectivity index (χ0n) is 28.1. The molecular weight excluding hydrogens is 623 g/mol. The van der Waals surface area contributed by atoms with Gasteiger partial charge >= 0.3 is 0 Å². The van der Waals surface area contributed by atoms with E-state index in [0.29, 0.717) is 0 Å². The first kappa shape index (κ1) is 30.2. The molecule has 51 heavy (non-hydrogen) atoms. The van der Waals surface area contributed by atoms with Crippen LogP contribution in [0.3, 0.4) is 0 Å². The Morgan fingerprint density at radius 2 is 1.37 bits per heavy atom. The fourth-order valence-electron chi connectivity index (χ4n) is 7.39. The molecule has 0 radical (unpaired) electrons. The lowest BCUT2D eigenvalue weighted by Gasteiger charge is -2.14. The number of allylic oxidation sites excluding steroid dienone is 3. The molecule has 0 aliphatic rings. The summed E-state index contributed by atoms with van der Waals surface area (Å²) in [7, 11) is 0. The maximum Gasteiger partial charge on any atom is 0.0963 e. The molecular formula is C46H33N5. The summed E-state index contributed by atoms with van der Waals surface area (Å²) in [6.07, 6.45) is 9.67. The Labute approximate surface area is 295 Å². The van der Waals surface area contributed by atoms with Crippen LogP contribution in [0.1, 0.15) is 12.5 Å². The van der Waals surface area contributed by atoms with Gasteiger partial charge < -0.3 is 9.13 Å². The highest BCUT2D eigenvalue weighted by molar-refractivity contribution is 6.17. The van der Waals surface area contributed by atoms with Crippen LogP contribution in [0.25, 0.3) is 83.2 Å². The molecule has 0 bridgehead atoms. The van der Waals surface area contributed by atoms with Crippen molar-refractivity contribution in [2.24, 2.45) is 4.99 Å². The molecule has 5 heteroatoms. The Hall–Kier alpha value is -6.85. The van der Waals surface area contributed by atoms with Crippen LogP contribution in [0.5, 0.6) is 0 Å². The third-order valence-electron chi connectivity index (χ3n) is 9.59. The zero-order valence-corrected chi connectivity index (χ0v) is 28.1. The summed E-state index contributed by atoms with van der Waals surface area (Å²) in [6.45, 7) is 5.89. The molecule has 0 atom stereocenters. The number of nitrogens with zero attached hydrogens (tertiary/aromatic N) is 5. The smallest absolute Gasteiger partial charge is 0.0963 e. The van der Waals surface area contributed by atoms with Crippen molar-refractivity contribution in [2.75, 3.05) is 0 Å². The topological polar surface area (TPSA) is 48.0 Å². The fourth-order valence-corrected chi connectivity index (χ4v) is 7.39.